The van der Waals surface area contributed by atoms with Crippen molar-refractivity contribution in [1.82, 2.24) is 5.32 Å². The van der Waals surface area contributed by atoms with E-state index in [9.17, 15) is 0 Å². The molecule has 4 nitrogen and oxygen atoms in total. The lowest BCUT2D eigenvalue weighted by Gasteiger charge is -2.09. The van der Waals surface area contributed by atoms with Gasteiger partial charge in [0.05, 0.1) is 26.9 Å². The van der Waals surface area contributed by atoms with E-state index in [0.29, 0.717) is 19.8 Å². The molecule has 0 spiro atoms. The lowest BCUT2D eigenvalue weighted by molar-refractivity contribution is 0.0719. The summed E-state index contributed by atoms with van der Waals surface area (Å²) in [4.78, 5) is 0. The van der Waals surface area contributed by atoms with Crippen LogP contribution < -0.4 is 10.1 Å². The zero-order chi connectivity index (χ0) is 12.3. The summed E-state index contributed by atoms with van der Waals surface area (Å²) < 4.78 is 15.5. The van der Waals surface area contributed by atoms with Crippen molar-refractivity contribution < 1.29 is 14.2 Å². The van der Waals surface area contributed by atoms with Gasteiger partial charge in [0.15, 0.2) is 0 Å². The Hall–Kier alpha value is -1.10. The fourth-order valence-corrected chi connectivity index (χ4v) is 1.46. The Bertz CT molecular complexity index is 304. The van der Waals surface area contributed by atoms with Crippen molar-refractivity contribution in [2.75, 3.05) is 40.6 Å². The Balaban J connectivity index is 2.13. The first-order valence-electron chi connectivity index (χ1n) is 5.77. The molecule has 1 rings (SSSR count). The minimum atomic E-state index is 0.645. The third-order valence-corrected chi connectivity index (χ3v) is 2.36. The third kappa shape index (κ3) is 5.68. The molecular formula is C13H21NO3. The molecule has 0 atom stereocenters. The molecule has 0 unspecified atom stereocenters. The first-order valence-corrected chi connectivity index (χ1v) is 5.77. The van der Waals surface area contributed by atoms with Crippen molar-refractivity contribution in [1.29, 1.82) is 0 Å². The molecule has 0 aliphatic carbocycles. The number of hydrogen-bond acceptors (Lipinski definition) is 4. The first kappa shape index (κ1) is 14.0. The molecule has 0 saturated heterocycles. The van der Waals surface area contributed by atoms with Crippen molar-refractivity contribution in [2.24, 2.45) is 0 Å². The Morgan fingerprint density at radius 3 is 2.65 bits per heavy atom. The highest BCUT2D eigenvalue weighted by atomic mass is 16.5. The molecule has 0 fully saturated rings. The largest absolute Gasteiger partial charge is 0.496 e. The summed E-state index contributed by atoms with van der Waals surface area (Å²) in [6, 6.07) is 7.99. The van der Waals surface area contributed by atoms with Crippen LogP contribution in [-0.2, 0) is 16.0 Å². The van der Waals surface area contributed by atoms with Crippen LogP contribution in [0.25, 0.3) is 0 Å². The summed E-state index contributed by atoms with van der Waals surface area (Å²) in [7, 11) is 3.36. The van der Waals surface area contributed by atoms with Crippen LogP contribution in [0, 0.1) is 0 Å². The van der Waals surface area contributed by atoms with Gasteiger partial charge in [-0.3, -0.25) is 0 Å². The summed E-state index contributed by atoms with van der Waals surface area (Å²) >= 11 is 0. The van der Waals surface area contributed by atoms with Crippen molar-refractivity contribution in [3.8, 4) is 5.75 Å². The smallest absolute Gasteiger partial charge is 0.123 e. The molecule has 0 heterocycles. The van der Waals surface area contributed by atoms with E-state index in [1.165, 1.54) is 0 Å². The van der Waals surface area contributed by atoms with E-state index in [1.54, 1.807) is 14.2 Å². The maximum Gasteiger partial charge on any atom is 0.123 e. The number of para-hydroxylation sites is 1. The molecule has 1 aromatic carbocycles. The second kappa shape index (κ2) is 8.98. The lowest BCUT2D eigenvalue weighted by atomic mass is 10.2. The molecule has 0 aromatic heterocycles. The van der Waals surface area contributed by atoms with Crippen molar-refractivity contribution in [2.45, 2.75) is 6.54 Å². The summed E-state index contributed by atoms with van der Waals surface area (Å²) in [6.45, 7) is 3.59. The predicted molar refractivity (Wildman–Crippen MR) is 67.4 cm³/mol. The second-order valence-corrected chi connectivity index (χ2v) is 3.59. The van der Waals surface area contributed by atoms with E-state index in [1.807, 2.05) is 18.2 Å². The van der Waals surface area contributed by atoms with Crippen LogP contribution in [0.3, 0.4) is 0 Å². The van der Waals surface area contributed by atoms with Gasteiger partial charge in [-0.2, -0.15) is 0 Å². The topological polar surface area (TPSA) is 39.7 Å². The Morgan fingerprint density at radius 2 is 1.88 bits per heavy atom. The molecule has 0 saturated carbocycles. The Kier molecular flexibility index (Phi) is 7.38. The van der Waals surface area contributed by atoms with Crippen LogP contribution in [0.5, 0.6) is 5.75 Å². The number of hydrogen-bond donors (Lipinski definition) is 1. The van der Waals surface area contributed by atoms with Gasteiger partial charge in [0, 0.05) is 25.8 Å². The lowest BCUT2D eigenvalue weighted by Crippen LogP contribution is -2.20. The third-order valence-electron chi connectivity index (χ3n) is 2.36. The van der Waals surface area contributed by atoms with E-state index < -0.39 is 0 Å². The highest BCUT2D eigenvalue weighted by Crippen LogP contribution is 2.16. The Labute approximate surface area is 103 Å². The van der Waals surface area contributed by atoms with Crippen LogP contribution in [-0.4, -0.2) is 40.6 Å². The minimum absolute atomic E-state index is 0.645. The average Bonchev–Trinajstić information content (AvgIpc) is 2.38. The highest BCUT2D eigenvalue weighted by Gasteiger charge is 1.99. The van der Waals surface area contributed by atoms with Gasteiger partial charge in [0.25, 0.3) is 0 Å². The van der Waals surface area contributed by atoms with Crippen LogP contribution in [0.1, 0.15) is 5.56 Å². The Morgan fingerprint density at radius 1 is 1.06 bits per heavy atom. The summed E-state index contributed by atoms with van der Waals surface area (Å²) in [5, 5.41) is 3.31. The molecule has 0 aliphatic rings. The standard InChI is InChI=1S/C13H21NO3/c1-15-9-10-17-8-7-14-11-12-5-3-4-6-13(12)16-2/h3-6,14H,7-11H2,1-2H3. The fourth-order valence-electron chi connectivity index (χ4n) is 1.46. The number of benzene rings is 1. The van der Waals surface area contributed by atoms with Gasteiger partial charge in [0.2, 0.25) is 0 Å². The normalized spacial score (nSPS) is 10.5. The van der Waals surface area contributed by atoms with Gasteiger partial charge < -0.3 is 19.5 Å². The molecule has 0 amide bonds. The maximum absolute atomic E-state index is 5.35. The van der Waals surface area contributed by atoms with E-state index in [2.05, 4.69) is 11.4 Å². The average molecular weight is 239 g/mol. The number of nitrogens with one attached hydrogen (secondary N) is 1. The van der Waals surface area contributed by atoms with E-state index in [4.69, 9.17) is 14.2 Å². The SMILES string of the molecule is COCCOCCNCc1ccccc1OC. The minimum Gasteiger partial charge on any atom is -0.496 e. The van der Waals surface area contributed by atoms with E-state index >= 15 is 0 Å². The number of methoxy groups -OCH3 is 2. The van der Waals surface area contributed by atoms with Gasteiger partial charge in [-0.1, -0.05) is 18.2 Å². The number of rotatable bonds is 9. The summed E-state index contributed by atoms with van der Waals surface area (Å²) in [5.74, 6) is 0.917. The van der Waals surface area contributed by atoms with Crippen LogP contribution in [0.2, 0.25) is 0 Å². The molecular weight excluding hydrogens is 218 g/mol. The molecule has 0 aliphatic heterocycles. The van der Waals surface area contributed by atoms with Gasteiger partial charge >= 0.3 is 0 Å². The fraction of sp³-hybridized carbons (Fsp3) is 0.538. The number of ether oxygens (including phenoxy) is 3. The zero-order valence-corrected chi connectivity index (χ0v) is 10.6. The molecule has 4 heteroatoms. The molecule has 0 bridgehead atoms. The summed E-state index contributed by atoms with van der Waals surface area (Å²) in [5.41, 5.74) is 1.16. The van der Waals surface area contributed by atoms with E-state index in [0.717, 1.165) is 24.4 Å². The van der Waals surface area contributed by atoms with Gasteiger partial charge in [-0.15, -0.1) is 0 Å². The van der Waals surface area contributed by atoms with Crippen molar-refractivity contribution >= 4 is 0 Å². The maximum atomic E-state index is 5.35. The molecule has 17 heavy (non-hydrogen) atoms. The predicted octanol–water partition coefficient (Wildman–Crippen LogP) is 1.45. The quantitative estimate of drug-likeness (QED) is 0.662. The van der Waals surface area contributed by atoms with Crippen LogP contribution in [0.15, 0.2) is 24.3 Å². The van der Waals surface area contributed by atoms with Crippen molar-refractivity contribution in [3.63, 3.8) is 0 Å². The van der Waals surface area contributed by atoms with Gasteiger partial charge in [-0.25, -0.2) is 0 Å². The molecule has 0 radical (unpaired) electrons. The summed E-state index contributed by atoms with van der Waals surface area (Å²) in [6.07, 6.45) is 0. The monoisotopic (exact) mass is 239 g/mol. The van der Waals surface area contributed by atoms with E-state index in [-0.39, 0.29) is 0 Å². The highest BCUT2D eigenvalue weighted by molar-refractivity contribution is 5.32. The van der Waals surface area contributed by atoms with Gasteiger partial charge in [0.1, 0.15) is 5.75 Å². The zero-order valence-electron chi connectivity index (χ0n) is 10.6. The second-order valence-electron chi connectivity index (χ2n) is 3.59. The first-order chi connectivity index (χ1) is 8.38. The van der Waals surface area contributed by atoms with Crippen molar-refractivity contribution in [3.05, 3.63) is 29.8 Å². The molecule has 1 N–H and O–H groups in total. The van der Waals surface area contributed by atoms with Gasteiger partial charge in [-0.05, 0) is 6.07 Å². The van der Waals surface area contributed by atoms with Crippen LogP contribution >= 0.6 is 0 Å². The molecule has 1 aromatic rings. The molecule has 96 valence electrons. The van der Waals surface area contributed by atoms with Crippen LogP contribution in [0.4, 0.5) is 0 Å².